The summed E-state index contributed by atoms with van der Waals surface area (Å²) >= 11 is 0. The number of nitrogens with one attached hydrogen (secondary N) is 4. The summed E-state index contributed by atoms with van der Waals surface area (Å²) < 4.78 is 13.8. The Hall–Kier alpha value is -4.40. The predicted octanol–water partition coefficient (Wildman–Crippen LogP) is 4.45. The zero-order chi connectivity index (χ0) is 25.7. The fraction of sp³-hybridized carbons (Fsp3) is 0.222. The molecular weight excluding hydrogens is 461 g/mol. The molecule has 9 heteroatoms. The lowest BCUT2D eigenvalue weighted by Gasteiger charge is -2.17. The Morgan fingerprint density at radius 1 is 1.11 bits per heavy atom. The van der Waals surface area contributed by atoms with E-state index < -0.39 is 23.7 Å². The van der Waals surface area contributed by atoms with Crippen molar-refractivity contribution in [2.45, 2.75) is 39.3 Å². The van der Waals surface area contributed by atoms with Crippen LogP contribution in [-0.4, -0.2) is 38.0 Å². The first-order valence-corrected chi connectivity index (χ1v) is 11.7. The van der Waals surface area contributed by atoms with Crippen LogP contribution < -0.4 is 10.6 Å². The maximum absolute atomic E-state index is 13.8. The van der Waals surface area contributed by atoms with Crippen LogP contribution >= 0.6 is 0 Å². The second-order valence-corrected chi connectivity index (χ2v) is 8.58. The normalized spacial score (nSPS) is 11.8. The molecule has 36 heavy (non-hydrogen) atoms. The number of hydrogen-bond donors (Lipinski definition) is 5. The van der Waals surface area contributed by atoms with Crippen LogP contribution in [0.25, 0.3) is 11.1 Å². The Morgan fingerprint density at radius 3 is 2.56 bits per heavy atom. The first-order valence-electron chi connectivity index (χ1n) is 11.7. The number of carbonyl (C=O) groups is 2. The lowest BCUT2D eigenvalue weighted by Crippen LogP contribution is -2.42. The van der Waals surface area contributed by atoms with Gasteiger partial charge in [-0.25, -0.2) is 14.2 Å². The number of benzene rings is 2. The van der Waals surface area contributed by atoms with E-state index in [-0.39, 0.29) is 6.42 Å². The Bertz CT molecular complexity index is 1350. The highest BCUT2D eigenvalue weighted by atomic mass is 19.1. The molecule has 0 radical (unpaired) electrons. The molecule has 2 aromatic heterocycles. The number of imidazole rings is 1. The first-order chi connectivity index (χ1) is 17.3. The summed E-state index contributed by atoms with van der Waals surface area (Å²) in [5.41, 5.74) is 5.08. The number of amides is 1. The van der Waals surface area contributed by atoms with Crippen LogP contribution in [0, 0.1) is 12.7 Å². The van der Waals surface area contributed by atoms with E-state index in [0.29, 0.717) is 35.6 Å². The van der Waals surface area contributed by atoms with Crippen molar-refractivity contribution in [3.8, 4) is 11.1 Å². The average Bonchev–Trinajstić information content (AvgIpc) is 3.54. The highest BCUT2D eigenvalue weighted by Gasteiger charge is 2.24. The topological polar surface area (TPSA) is 123 Å². The van der Waals surface area contributed by atoms with E-state index in [1.54, 1.807) is 19.3 Å². The number of rotatable bonds is 10. The Morgan fingerprint density at radius 2 is 1.89 bits per heavy atom. The molecule has 0 spiro atoms. The fourth-order valence-electron chi connectivity index (χ4n) is 4.17. The number of carbonyl (C=O) groups excluding carboxylic acids is 1. The summed E-state index contributed by atoms with van der Waals surface area (Å²) in [5, 5.41) is 15.5. The number of anilines is 1. The van der Waals surface area contributed by atoms with Crippen LogP contribution in [0.2, 0.25) is 0 Å². The van der Waals surface area contributed by atoms with Gasteiger partial charge in [-0.2, -0.15) is 0 Å². The van der Waals surface area contributed by atoms with Gasteiger partial charge >= 0.3 is 5.97 Å². The number of carboxylic acid groups (broad SMARTS) is 1. The van der Waals surface area contributed by atoms with Crippen molar-refractivity contribution in [2.24, 2.45) is 0 Å². The molecule has 0 bridgehead atoms. The molecule has 0 aliphatic heterocycles. The lowest BCUT2D eigenvalue weighted by molar-refractivity contribution is -0.139. The third-order valence-electron chi connectivity index (χ3n) is 6.01. The molecule has 186 valence electrons. The Kier molecular flexibility index (Phi) is 7.48. The van der Waals surface area contributed by atoms with E-state index in [1.807, 2.05) is 43.5 Å². The first kappa shape index (κ1) is 24.7. The van der Waals surface area contributed by atoms with Crippen LogP contribution in [0.15, 0.2) is 61.1 Å². The molecule has 1 amide bonds. The van der Waals surface area contributed by atoms with Crippen LogP contribution in [0.5, 0.6) is 0 Å². The van der Waals surface area contributed by atoms with Gasteiger partial charge in [0.15, 0.2) is 5.95 Å². The monoisotopic (exact) mass is 489 g/mol. The number of H-pyrrole nitrogens is 2. The van der Waals surface area contributed by atoms with Gasteiger partial charge in [-0.3, -0.25) is 4.79 Å². The van der Waals surface area contributed by atoms with Crippen LogP contribution in [0.3, 0.4) is 0 Å². The molecule has 0 aliphatic carbocycles. The molecule has 0 fully saturated rings. The van der Waals surface area contributed by atoms with Crippen molar-refractivity contribution in [3.63, 3.8) is 0 Å². The Labute approximate surface area is 208 Å². The molecule has 5 N–H and O–H groups in total. The van der Waals surface area contributed by atoms with Crippen molar-refractivity contribution >= 4 is 17.8 Å². The lowest BCUT2D eigenvalue weighted by atomic mass is 9.97. The molecular formula is C27H28FN5O3. The highest BCUT2D eigenvalue weighted by Crippen LogP contribution is 2.22. The van der Waals surface area contributed by atoms with E-state index in [0.717, 1.165) is 22.4 Å². The van der Waals surface area contributed by atoms with Gasteiger partial charge in [-0.15, -0.1) is 0 Å². The second-order valence-electron chi connectivity index (χ2n) is 8.58. The molecule has 8 nitrogen and oxygen atoms in total. The number of aryl methyl sites for hydroxylation is 2. The molecule has 0 saturated heterocycles. The van der Waals surface area contributed by atoms with Crippen molar-refractivity contribution < 1.29 is 19.1 Å². The van der Waals surface area contributed by atoms with Gasteiger partial charge in [0.05, 0.1) is 6.54 Å². The number of carboxylic acids is 1. The molecule has 0 saturated carbocycles. The maximum atomic E-state index is 13.8. The second kappa shape index (κ2) is 10.9. The maximum Gasteiger partial charge on any atom is 0.326 e. The van der Waals surface area contributed by atoms with Gasteiger partial charge in [-0.05, 0) is 59.4 Å². The van der Waals surface area contributed by atoms with E-state index in [9.17, 15) is 19.1 Å². The van der Waals surface area contributed by atoms with Crippen molar-refractivity contribution in [1.29, 1.82) is 0 Å². The van der Waals surface area contributed by atoms with Gasteiger partial charge < -0.3 is 25.7 Å². The van der Waals surface area contributed by atoms with Crippen LogP contribution in [0.4, 0.5) is 10.3 Å². The largest absolute Gasteiger partial charge is 0.480 e. The molecule has 2 heterocycles. The third kappa shape index (κ3) is 5.80. The standard InChI is InChI=1S/C27H28FN5O3/c1-3-18-12-21(28)10-16(2)24(18)25(34)33-23(26(35)36)11-17-4-6-19(7-5-17)20-13-22(31-14-20)15-32-27-29-8-9-30-27/h4-10,12-14,23,31H,3,11,15H2,1-2H3,(H,33,34)(H,35,36)(H2,29,30,32). The molecule has 4 rings (SSSR count). The summed E-state index contributed by atoms with van der Waals surface area (Å²) in [7, 11) is 0. The van der Waals surface area contributed by atoms with Crippen LogP contribution in [0.1, 0.15) is 39.7 Å². The summed E-state index contributed by atoms with van der Waals surface area (Å²) in [4.78, 5) is 35.2. The number of nitrogens with zero attached hydrogens (tertiary/aromatic N) is 1. The summed E-state index contributed by atoms with van der Waals surface area (Å²) in [6.45, 7) is 4.05. The number of halogens is 1. The van der Waals surface area contributed by atoms with E-state index in [4.69, 9.17) is 0 Å². The minimum Gasteiger partial charge on any atom is -0.480 e. The van der Waals surface area contributed by atoms with E-state index in [1.165, 1.54) is 12.1 Å². The van der Waals surface area contributed by atoms with E-state index >= 15 is 0 Å². The molecule has 1 unspecified atom stereocenters. The van der Waals surface area contributed by atoms with Gasteiger partial charge in [0.1, 0.15) is 11.9 Å². The summed E-state index contributed by atoms with van der Waals surface area (Å²) in [6.07, 6.45) is 5.91. The third-order valence-corrected chi connectivity index (χ3v) is 6.01. The minimum atomic E-state index is -1.13. The SMILES string of the molecule is CCc1cc(F)cc(C)c1C(=O)NC(Cc1ccc(-c2c[nH]c(CNc3ncc[nH]3)c2)cc1)C(=O)O. The van der Waals surface area contributed by atoms with Crippen LogP contribution in [-0.2, 0) is 24.2 Å². The van der Waals surface area contributed by atoms with Crippen molar-refractivity contribution in [2.75, 3.05) is 5.32 Å². The summed E-state index contributed by atoms with van der Waals surface area (Å²) in [5.74, 6) is -1.38. The predicted molar refractivity (Wildman–Crippen MR) is 135 cm³/mol. The molecule has 4 aromatic rings. The Balaban J connectivity index is 1.42. The number of aromatic nitrogens is 3. The van der Waals surface area contributed by atoms with Gasteiger partial charge in [0, 0.05) is 36.3 Å². The van der Waals surface area contributed by atoms with E-state index in [2.05, 4.69) is 25.6 Å². The van der Waals surface area contributed by atoms with Gasteiger partial charge in [-0.1, -0.05) is 31.2 Å². The zero-order valence-electron chi connectivity index (χ0n) is 20.1. The molecule has 2 aromatic carbocycles. The summed E-state index contributed by atoms with van der Waals surface area (Å²) in [6, 6.07) is 11.0. The smallest absolute Gasteiger partial charge is 0.326 e. The van der Waals surface area contributed by atoms with Crippen molar-refractivity contribution in [3.05, 3.63) is 94.8 Å². The highest BCUT2D eigenvalue weighted by molar-refractivity contribution is 5.99. The number of aromatic amines is 2. The molecule has 1 atom stereocenters. The zero-order valence-corrected chi connectivity index (χ0v) is 20.1. The average molecular weight is 490 g/mol. The molecule has 0 aliphatic rings. The minimum absolute atomic E-state index is 0.120. The fourth-order valence-corrected chi connectivity index (χ4v) is 4.17. The van der Waals surface area contributed by atoms with Gasteiger partial charge in [0.25, 0.3) is 5.91 Å². The number of hydrogen-bond acceptors (Lipinski definition) is 4. The van der Waals surface area contributed by atoms with Crippen molar-refractivity contribution in [1.82, 2.24) is 20.3 Å². The van der Waals surface area contributed by atoms with Gasteiger partial charge in [0.2, 0.25) is 0 Å². The quantitative estimate of drug-likeness (QED) is 0.225. The number of aliphatic carboxylic acids is 1.